The highest BCUT2D eigenvalue weighted by atomic mass is 16.6. The highest BCUT2D eigenvalue weighted by Gasteiger charge is 2.05. The van der Waals surface area contributed by atoms with Gasteiger partial charge in [-0.2, -0.15) is 10.4 Å². The number of nitro benzene ring substituents is 1. The van der Waals surface area contributed by atoms with Crippen molar-refractivity contribution in [2.45, 2.75) is 6.61 Å². The number of non-ortho nitro benzene ring substituents is 1. The summed E-state index contributed by atoms with van der Waals surface area (Å²) < 4.78 is 5.87. The zero-order valence-electron chi connectivity index (χ0n) is 14.8. The van der Waals surface area contributed by atoms with E-state index in [9.17, 15) is 10.1 Å². The Hall–Kier alpha value is -4.18. The van der Waals surface area contributed by atoms with Crippen LogP contribution in [0, 0.1) is 21.4 Å². The van der Waals surface area contributed by atoms with Gasteiger partial charge in [0.2, 0.25) is 0 Å². The molecule has 3 aromatic rings. The second-order valence-electron chi connectivity index (χ2n) is 5.77. The summed E-state index contributed by atoms with van der Waals surface area (Å²) in [5.41, 5.74) is 5.61. The molecular formula is C21H16N4O3. The second-order valence-corrected chi connectivity index (χ2v) is 5.77. The van der Waals surface area contributed by atoms with E-state index in [4.69, 9.17) is 10.00 Å². The van der Waals surface area contributed by atoms with Crippen LogP contribution in [-0.4, -0.2) is 11.1 Å². The lowest BCUT2D eigenvalue weighted by Gasteiger charge is -2.10. The van der Waals surface area contributed by atoms with Crippen LogP contribution < -0.4 is 10.2 Å². The van der Waals surface area contributed by atoms with Crippen molar-refractivity contribution in [3.63, 3.8) is 0 Å². The largest absolute Gasteiger partial charge is 0.488 e. The van der Waals surface area contributed by atoms with E-state index in [1.54, 1.807) is 24.4 Å². The lowest BCUT2D eigenvalue weighted by Crippen LogP contribution is -2.01. The molecule has 0 saturated heterocycles. The maximum absolute atomic E-state index is 10.7. The molecule has 0 radical (unpaired) electrons. The second kappa shape index (κ2) is 8.96. The Kier molecular flexibility index (Phi) is 5.95. The van der Waals surface area contributed by atoms with E-state index in [1.165, 1.54) is 12.1 Å². The number of nitro groups is 1. The van der Waals surface area contributed by atoms with Gasteiger partial charge < -0.3 is 4.74 Å². The highest BCUT2D eigenvalue weighted by Crippen LogP contribution is 2.19. The van der Waals surface area contributed by atoms with Gasteiger partial charge in [0.1, 0.15) is 12.4 Å². The zero-order chi connectivity index (χ0) is 19.8. The van der Waals surface area contributed by atoms with Crippen LogP contribution >= 0.6 is 0 Å². The molecule has 0 aromatic heterocycles. The van der Waals surface area contributed by atoms with Crippen LogP contribution in [0.2, 0.25) is 0 Å². The molecular weight excluding hydrogens is 356 g/mol. The topological polar surface area (TPSA) is 101 Å². The third-order valence-corrected chi connectivity index (χ3v) is 3.92. The maximum atomic E-state index is 10.7. The summed E-state index contributed by atoms with van der Waals surface area (Å²) in [6.45, 7) is 0.268. The summed E-state index contributed by atoms with van der Waals surface area (Å²) in [4.78, 5) is 10.2. The number of hydrogen-bond donors (Lipinski definition) is 1. The van der Waals surface area contributed by atoms with E-state index < -0.39 is 4.92 Å². The molecule has 28 heavy (non-hydrogen) atoms. The van der Waals surface area contributed by atoms with Gasteiger partial charge >= 0.3 is 0 Å². The normalized spacial score (nSPS) is 10.4. The standard InChI is InChI=1S/C21H16N4O3/c22-13-16-5-1-2-7-18(16)15-28-21-8-4-3-6-17(21)14-23-24-19-9-11-20(12-10-19)25(26)27/h1-12,14,24H,15H2/b23-14-. The van der Waals surface area contributed by atoms with Crippen molar-refractivity contribution < 1.29 is 9.66 Å². The monoisotopic (exact) mass is 372 g/mol. The zero-order valence-corrected chi connectivity index (χ0v) is 14.8. The van der Waals surface area contributed by atoms with Gasteiger partial charge in [-0.1, -0.05) is 30.3 Å². The lowest BCUT2D eigenvalue weighted by atomic mass is 10.1. The van der Waals surface area contributed by atoms with Crippen LogP contribution in [0.4, 0.5) is 11.4 Å². The number of hydrazone groups is 1. The predicted octanol–water partition coefficient (Wildman–Crippen LogP) is 4.49. The Morgan fingerprint density at radius 2 is 1.79 bits per heavy atom. The summed E-state index contributed by atoms with van der Waals surface area (Å²) in [6.07, 6.45) is 1.60. The maximum Gasteiger partial charge on any atom is 0.269 e. The molecule has 0 bridgehead atoms. The summed E-state index contributed by atoms with van der Waals surface area (Å²) in [6, 6.07) is 22.8. The van der Waals surface area contributed by atoms with Gasteiger partial charge in [-0.3, -0.25) is 15.5 Å². The molecule has 0 aliphatic heterocycles. The number of ether oxygens (including phenoxy) is 1. The molecule has 0 heterocycles. The number of nitrogens with zero attached hydrogens (tertiary/aromatic N) is 3. The Bertz CT molecular complexity index is 1040. The minimum atomic E-state index is -0.453. The van der Waals surface area contributed by atoms with Crippen molar-refractivity contribution in [1.29, 1.82) is 5.26 Å². The number of para-hydroxylation sites is 1. The number of anilines is 1. The van der Waals surface area contributed by atoms with Gasteiger partial charge in [-0.05, 0) is 30.3 Å². The third-order valence-electron chi connectivity index (χ3n) is 3.92. The van der Waals surface area contributed by atoms with Crippen LogP contribution in [-0.2, 0) is 6.61 Å². The van der Waals surface area contributed by atoms with Crippen molar-refractivity contribution in [3.8, 4) is 11.8 Å². The predicted molar refractivity (Wildman–Crippen MR) is 106 cm³/mol. The number of benzene rings is 3. The average molecular weight is 372 g/mol. The van der Waals surface area contributed by atoms with Gasteiger partial charge in [0.05, 0.1) is 28.5 Å². The molecule has 0 unspecified atom stereocenters. The van der Waals surface area contributed by atoms with E-state index in [0.717, 1.165) is 11.1 Å². The van der Waals surface area contributed by atoms with Crippen LogP contribution in [0.1, 0.15) is 16.7 Å². The van der Waals surface area contributed by atoms with Gasteiger partial charge in [0.25, 0.3) is 5.69 Å². The third kappa shape index (κ3) is 4.71. The van der Waals surface area contributed by atoms with Crippen molar-refractivity contribution in [2.75, 3.05) is 5.43 Å². The van der Waals surface area contributed by atoms with Crippen molar-refractivity contribution in [1.82, 2.24) is 0 Å². The van der Waals surface area contributed by atoms with Gasteiger partial charge in [-0.15, -0.1) is 0 Å². The van der Waals surface area contributed by atoms with Crippen molar-refractivity contribution in [2.24, 2.45) is 5.10 Å². The van der Waals surface area contributed by atoms with Gasteiger partial charge in [0, 0.05) is 23.3 Å². The summed E-state index contributed by atoms with van der Waals surface area (Å²) in [5.74, 6) is 0.629. The molecule has 3 aromatic carbocycles. The van der Waals surface area contributed by atoms with E-state index in [0.29, 0.717) is 17.0 Å². The van der Waals surface area contributed by atoms with Crippen molar-refractivity contribution in [3.05, 3.63) is 99.6 Å². The molecule has 138 valence electrons. The van der Waals surface area contributed by atoms with Crippen LogP contribution in [0.15, 0.2) is 77.9 Å². The molecule has 0 aliphatic carbocycles. The Balaban J connectivity index is 1.67. The summed E-state index contributed by atoms with van der Waals surface area (Å²) >= 11 is 0. The molecule has 0 saturated carbocycles. The summed E-state index contributed by atoms with van der Waals surface area (Å²) in [7, 11) is 0. The van der Waals surface area contributed by atoms with E-state index in [-0.39, 0.29) is 12.3 Å². The molecule has 0 spiro atoms. The first-order valence-electron chi connectivity index (χ1n) is 8.41. The van der Waals surface area contributed by atoms with Crippen LogP contribution in [0.5, 0.6) is 5.75 Å². The smallest absolute Gasteiger partial charge is 0.269 e. The number of nitriles is 1. The van der Waals surface area contributed by atoms with Crippen molar-refractivity contribution >= 4 is 17.6 Å². The molecule has 7 nitrogen and oxygen atoms in total. The Morgan fingerprint density at radius 1 is 1.07 bits per heavy atom. The molecule has 0 fully saturated rings. The lowest BCUT2D eigenvalue weighted by molar-refractivity contribution is -0.384. The first-order valence-corrected chi connectivity index (χ1v) is 8.41. The Morgan fingerprint density at radius 3 is 2.54 bits per heavy atom. The van der Waals surface area contributed by atoms with Gasteiger partial charge in [-0.25, -0.2) is 0 Å². The molecule has 0 atom stereocenters. The Labute approximate surface area is 161 Å². The van der Waals surface area contributed by atoms with Gasteiger partial charge in [0.15, 0.2) is 0 Å². The molecule has 3 rings (SSSR count). The summed E-state index contributed by atoms with van der Waals surface area (Å²) in [5, 5.41) is 24.0. The number of rotatable bonds is 7. The number of hydrogen-bond acceptors (Lipinski definition) is 6. The average Bonchev–Trinajstić information content (AvgIpc) is 2.73. The fraction of sp³-hybridized carbons (Fsp3) is 0.0476. The van der Waals surface area contributed by atoms with Crippen LogP contribution in [0.25, 0.3) is 0 Å². The van der Waals surface area contributed by atoms with E-state index >= 15 is 0 Å². The number of nitrogens with one attached hydrogen (secondary N) is 1. The minimum absolute atomic E-state index is 0.0194. The highest BCUT2D eigenvalue weighted by molar-refractivity contribution is 5.84. The molecule has 7 heteroatoms. The van der Waals surface area contributed by atoms with E-state index in [1.807, 2.05) is 42.5 Å². The fourth-order valence-electron chi connectivity index (χ4n) is 2.46. The van der Waals surface area contributed by atoms with Crippen LogP contribution in [0.3, 0.4) is 0 Å². The molecule has 0 aliphatic rings. The minimum Gasteiger partial charge on any atom is -0.488 e. The molecule has 0 amide bonds. The first-order chi connectivity index (χ1) is 13.7. The first kappa shape index (κ1) is 18.6. The quantitative estimate of drug-likeness (QED) is 0.374. The fourth-order valence-corrected chi connectivity index (χ4v) is 2.46. The molecule has 1 N–H and O–H groups in total. The van der Waals surface area contributed by atoms with E-state index in [2.05, 4.69) is 16.6 Å². The SMILES string of the molecule is N#Cc1ccccc1COc1ccccc1/C=N\Nc1ccc([N+](=O)[O-])cc1.